The zero-order chi connectivity index (χ0) is 21.5. The number of rotatable bonds is 5. The van der Waals surface area contributed by atoms with Crippen LogP contribution in [0.15, 0.2) is 48.7 Å². The van der Waals surface area contributed by atoms with Crippen LogP contribution in [0.4, 0.5) is 5.69 Å². The van der Waals surface area contributed by atoms with E-state index in [1.807, 2.05) is 12.3 Å². The molecular formula is C25H32N4S. The topological polar surface area (TPSA) is 31.4 Å². The van der Waals surface area contributed by atoms with E-state index in [1.54, 1.807) is 0 Å². The quantitative estimate of drug-likeness (QED) is 0.647. The third kappa shape index (κ3) is 3.60. The SMILES string of the molecule is CCCCN1C(=S)N[C@@H](c2ccccn2)[C@@H]1c1ccc2c(c1)C(C)=CC(C)(C)N2C. The fourth-order valence-electron chi connectivity index (χ4n) is 4.70. The highest BCUT2D eigenvalue weighted by molar-refractivity contribution is 7.80. The molecule has 4 rings (SSSR count). The Morgan fingerprint density at radius 1 is 1.20 bits per heavy atom. The number of aromatic nitrogens is 1. The molecule has 0 saturated carbocycles. The molecule has 2 aliphatic rings. The van der Waals surface area contributed by atoms with Crippen LogP contribution in [0.2, 0.25) is 0 Å². The summed E-state index contributed by atoms with van der Waals surface area (Å²) in [4.78, 5) is 9.37. The van der Waals surface area contributed by atoms with E-state index in [1.165, 1.54) is 22.4 Å². The Hall–Kier alpha value is -2.40. The van der Waals surface area contributed by atoms with Crippen molar-refractivity contribution in [3.8, 4) is 0 Å². The Morgan fingerprint density at radius 2 is 2.00 bits per heavy atom. The van der Waals surface area contributed by atoms with Gasteiger partial charge in [0, 0.05) is 31.0 Å². The van der Waals surface area contributed by atoms with Gasteiger partial charge in [0.25, 0.3) is 0 Å². The summed E-state index contributed by atoms with van der Waals surface area (Å²) in [5.41, 5.74) is 6.26. The smallest absolute Gasteiger partial charge is 0.170 e. The maximum Gasteiger partial charge on any atom is 0.170 e. The first-order valence-corrected chi connectivity index (χ1v) is 11.3. The lowest BCUT2D eigenvalue weighted by atomic mass is 9.86. The number of nitrogens with one attached hydrogen (secondary N) is 1. The second-order valence-corrected chi connectivity index (χ2v) is 9.38. The van der Waals surface area contributed by atoms with E-state index in [4.69, 9.17) is 12.2 Å². The van der Waals surface area contributed by atoms with Crippen LogP contribution < -0.4 is 10.2 Å². The van der Waals surface area contributed by atoms with E-state index in [2.05, 4.69) is 91.3 Å². The Kier molecular flexibility index (Phi) is 5.58. The summed E-state index contributed by atoms with van der Waals surface area (Å²) >= 11 is 5.77. The summed E-state index contributed by atoms with van der Waals surface area (Å²) in [7, 11) is 2.18. The van der Waals surface area contributed by atoms with Gasteiger partial charge in [0.15, 0.2) is 5.11 Å². The number of pyridine rings is 1. The monoisotopic (exact) mass is 420 g/mol. The molecule has 158 valence electrons. The van der Waals surface area contributed by atoms with Gasteiger partial charge in [-0.05, 0) is 74.8 Å². The zero-order valence-electron chi connectivity index (χ0n) is 18.6. The van der Waals surface area contributed by atoms with Crippen LogP contribution in [0, 0.1) is 0 Å². The molecule has 1 saturated heterocycles. The first-order chi connectivity index (χ1) is 14.3. The highest BCUT2D eigenvalue weighted by Crippen LogP contribution is 2.43. The van der Waals surface area contributed by atoms with E-state index in [0.717, 1.165) is 30.2 Å². The number of anilines is 1. The van der Waals surface area contributed by atoms with E-state index in [9.17, 15) is 0 Å². The van der Waals surface area contributed by atoms with Crippen molar-refractivity contribution in [2.24, 2.45) is 0 Å². The molecule has 2 atom stereocenters. The van der Waals surface area contributed by atoms with Crippen molar-refractivity contribution in [3.63, 3.8) is 0 Å². The van der Waals surface area contributed by atoms with Crippen LogP contribution in [0.5, 0.6) is 0 Å². The van der Waals surface area contributed by atoms with Gasteiger partial charge in [-0.25, -0.2) is 0 Å². The third-order valence-corrected chi connectivity index (χ3v) is 6.89. The van der Waals surface area contributed by atoms with Crippen LogP contribution in [0.1, 0.15) is 69.4 Å². The van der Waals surface area contributed by atoms with Crippen LogP contribution in [-0.4, -0.2) is 34.1 Å². The average Bonchev–Trinajstić information content (AvgIpc) is 3.06. The molecule has 3 heterocycles. The van der Waals surface area contributed by atoms with E-state index < -0.39 is 0 Å². The molecule has 1 aromatic heterocycles. The summed E-state index contributed by atoms with van der Waals surface area (Å²) in [6.45, 7) is 9.92. The molecular weight excluding hydrogens is 388 g/mol. The van der Waals surface area contributed by atoms with Crippen LogP contribution in [0.25, 0.3) is 5.57 Å². The molecule has 1 fully saturated rings. The minimum Gasteiger partial charge on any atom is -0.366 e. The Morgan fingerprint density at radius 3 is 2.70 bits per heavy atom. The van der Waals surface area contributed by atoms with Gasteiger partial charge in [-0.2, -0.15) is 0 Å². The molecule has 2 aliphatic heterocycles. The molecule has 0 spiro atoms. The maximum absolute atomic E-state index is 5.77. The molecule has 4 nitrogen and oxygen atoms in total. The normalized spacial score (nSPS) is 22.6. The number of hydrogen-bond acceptors (Lipinski definition) is 3. The van der Waals surface area contributed by atoms with E-state index >= 15 is 0 Å². The van der Waals surface area contributed by atoms with Gasteiger partial charge in [-0.1, -0.05) is 31.6 Å². The first-order valence-electron chi connectivity index (χ1n) is 10.9. The fourth-order valence-corrected chi connectivity index (χ4v) is 5.03. The molecule has 30 heavy (non-hydrogen) atoms. The highest BCUT2D eigenvalue weighted by Gasteiger charge is 2.40. The van der Waals surface area contributed by atoms with Gasteiger partial charge in [-0.3, -0.25) is 4.98 Å². The molecule has 0 radical (unpaired) electrons. The van der Waals surface area contributed by atoms with Crippen LogP contribution in [-0.2, 0) is 0 Å². The third-order valence-electron chi connectivity index (χ3n) is 6.53. The van der Waals surface area contributed by atoms with Crippen molar-refractivity contribution in [2.45, 2.75) is 58.2 Å². The van der Waals surface area contributed by atoms with Crippen LogP contribution in [0.3, 0.4) is 0 Å². The lowest BCUT2D eigenvalue weighted by molar-refractivity contribution is 0.313. The number of thiocarbonyl (C=S) groups is 1. The van der Waals surface area contributed by atoms with Crippen molar-refractivity contribution in [1.29, 1.82) is 0 Å². The standard InChI is InChI=1S/C25H32N4S/c1-6-7-14-29-23(22(27-24(29)30)20-10-8-9-13-26-20)18-11-12-21-19(15-18)17(2)16-25(3,4)28(21)5/h8-13,15-16,22-23H,6-7,14H2,1-5H3,(H,27,30)/t22-,23-/m0/s1. The first kappa shape index (κ1) is 20.9. The number of hydrogen-bond donors (Lipinski definition) is 1. The summed E-state index contributed by atoms with van der Waals surface area (Å²) in [5, 5.41) is 4.39. The Bertz CT molecular complexity index is 966. The largest absolute Gasteiger partial charge is 0.366 e. The van der Waals surface area contributed by atoms with Crippen molar-refractivity contribution in [1.82, 2.24) is 15.2 Å². The minimum absolute atomic E-state index is 0.0126. The van der Waals surface area contributed by atoms with Crippen molar-refractivity contribution in [3.05, 3.63) is 65.5 Å². The lowest BCUT2D eigenvalue weighted by Crippen LogP contribution is -2.42. The molecule has 1 N–H and O–H groups in total. The number of unbranched alkanes of at least 4 members (excludes halogenated alkanes) is 1. The number of nitrogens with zero attached hydrogens (tertiary/aromatic N) is 3. The number of likely N-dealkylation sites (N-methyl/N-ethyl adjacent to an activating group) is 1. The van der Waals surface area contributed by atoms with Crippen LogP contribution >= 0.6 is 12.2 Å². The molecule has 0 amide bonds. The van der Waals surface area contributed by atoms with Gasteiger partial charge in [0.2, 0.25) is 0 Å². The summed E-state index contributed by atoms with van der Waals surface area (Å²) in [6, 6.07) is 13.2. The maximum atomic E-state index is 5.77. The van der Waals surface area contributed by atoms with E-state index in [-0.39, 0.29) is 17.6 Å². The molecule has 0 aliphatic carbocycles. The second kappa shape index (κ2) is 8.03. The lowest BCUT2D eigenvalue weighted by Gasteiger charge is -2.41. The van der Waals surface area contributed by atoms with Crippen molar-refractivity contribution >= 4 is 28.6 Å². The molecule has 0 unspecified atom stereocenters. The minimum atomic E-state index is 0.0126. The molecule has 1 aromatic carbocycles. The zero-order valence-corrected chi connectivity index (χ0v) is 19.5. The van der Waals surface area contributed by atoms with Crippen molar-refractivity contribution in [2.75, 3.05) is 18.5 Å². The number of allylic oxidation sites excluding steroid dienone is 1. The highest BCUT2D eigenvalue weighted by atomic mass is 32.1. The van der Waals surface area contributed by atoms with Crippen molar-refractivity contribution < 1.29 is 0 Å². The Balaban J connectivity index is 1.79. The van der Waals surface area contributed by atoms with Gasteiger partial charge in [0.05, 0.1) is 23.3 Å². The Labute approximate surface area is 186 Å². The number of fused-ring (bicyclic) bond motifs is 1. The van der Waals surface area contributed by atoms with Gasteiger partial charge >= 0.3 is 0 Å². The van der Waals surface area contributed by atoms with Gasteiger partial charge in [0.1, 0.15) is 0 Å². The van der Waals surface area contributed by atoms with Gasteiger partial charge < -0.3 is 15.1 Å². The molecule has 2 aromatic rings. The van der Waals surface area contributed by atoms with Gasteiger partial charge in [-0.15, -0.1) is 0 Å². The van der Waals surface area contributed by atoms with E-state index in [0.29, 0.717) is 0 Å². The number of benzene rings is 1. The summed E-state index contributed by atoms with van der Waals surface area (Å²) in [5.74, 6) is 0. The second-order valence-electron chi connectivity index (χ2n) is 8.99. The predicted octanol–water partition coefficient (Wildman–Crippen LogP) is 5.49. The predicted molar refractivity (Wildman–Crippen MR) is 130 cm³/mol. The average molecular weight is 421 g/mol. The molecule has 0 bridgehead atoms. The summed E-state index contributed by atoms with van der Waals surface area (Å²) < 4.78 is 0. The fraction of sp³-hybridized carbons (Fsp3) is 0.440. The molecule has 5 heteroatoms. The summed E-state index contributed by atoms with van der Waals surface area (Å²) in [6.07, 6.45) is 6.49.